The maximum Gasteiger partial charge on any atom is 0.225 e. The van der Waals surface area contributed by atoms with Crippen molar-refractivity contribution in [1.29, 1.82) is 0 Å². The number of hydrogen-bond donors (Lipinski definition) is 2. The Labute approximate surface area is 168 Å². The van der Waals surface area contributed by atoms with Crippen LogP contribution in [0, 0.1) is 5.92 Å². The highest BCUT2D eigenvalue weighted by Crippen LogP contribution is 2.38. The lowest BCUT2D eigenvalue weighted by Gasteiger charge is -2.22. The van der Waals surface area contributed by atoms with Gasteiger partial charge in [0.25, 0.3) is 0 Å². The summed E-state index contributed by atoms with van der Waals surface area (Å²) in [5.74, 6) is 1.95. The molecule has 6 nitrogen and oxygen atoms in total. The Balaban J connectivity index is 1.52. The number of H-pyrrole nitrogens is 1. The van der Waals surface area contributed by atoms with Crippen LogP contribution in [-0.4, -0.2) is 29.1 Å². The number of carbonyl (C=O) groups is 1. The first-order valence-corrected chi connectivity index (χ1v) is 9.71. The van der Waals surface area contributed by atoms with Gasteiger partial charge in [-0.05, 0) is 35.7 Å². The van der Waals surface area contributed by atoms with E-state index in [9.17, 15) is 4.79 Å². The van der Waals surface area contributed by atoms with Crippen molar-refractivity contribution in [3.8, 4) is 11.5 Å². The first kappa shape index (κ1) is 18.6. The SMILES string of the molecule is CC(C)C(NC(=O)Cc1cc(Cl)c2c(c1)OCCO2)c1nc2ccccc2[nH]1. The van der Waals surface area contributed by atoms with E-state index in [-0.39, 0.29) is 24.3 Å². The van der Waals surface area contributed by atoms with Gasteiger partial charge in [-0.15, -0.1) is 0 Å². The Morgan fingerprint density at radius 3 is 2.82 bits per heavy atom. The van der Waals surface area contributed by atoms with E-state index in [1.165, 1.54) is 0 Å². The van der Waals surface area contributed by atoms with E-state index >= 15 is 0 Å². The van der Waals surface area contributed by atoms with Crippen molar-refractivity contribution in [2.24, 2.45) is 5.92 Å². The van der Waals surface area contributed by atoms with E-state index in [0.717, 1.165) is 22.4 Å². The van der Waals surface area contributed by atoms with Gasteiger partial charge in [-0.25, -0.2) is 4.98 Å². The molecule has 3 aromatic rings. The van der Waals surface area contributed by atoms with Gasteiger partial charge in [-0.3, -0.25) is 4.79 Å². The molecule has 1 amide bonds. The summed E-state index contributed by atoms with van der Waals surface area (Å²) in [7, 11) is 0. The van der Waals surface area contributed by atoms with Crippen molar-refractivity contribution in [2.45, 2.75) is 26.3 Å². The molecule has 0 spiro atoms. The molecule has 1 aliphatic rings. The lowest BCUT2D eigenvalue weighted by Crippen LogP contribution is -2.33. The minimum atomic E-state index is -0.215. The number of nitrogens with zero attached hydrogens (tertiary/aromatic N) is 1. The number of benzene rings is 2. The van der Waals surface area contributed by atoms with E-state index < -0.39 is 0 Å². The number of fused-ring (bicyclic) bond motifs is 2. The van der Waals surface area contributed by atoms with Crippen LogP contribution < -0.4 is 14.8 Å². The van der Waals surface area contributed by atoms with Gasteiger partial charge in [0.2, 0.25) is 5.91 Å². The number of aromatic amines is 1. The molecule has 1 unspecified atom stereocenters. The summed E-state index contributed by atoms with van der Waals surface area (Å²) >= 11 is 6.28. The van der Waals surface area contributed by atoms with E-state index in [2.05, 4.69) is 29.1 Å². The van der Waals surface area contributed by atoms with Crippen LogP contribution in [0.15, 0.2) is 36.4 Å². The molecule has 2 N–H and O–H groups in total. The fraction of sp³-hybridized carbons (Fsp3) is 0.333. The monoisotopic (exact) mass is 399 g/mol. The van der Waals surface area contributed by atoms with E-state index in [1.54, 1.807) is 6.07 Å². The van der Waals surface area contributed by atoms with Gasteiger partial charge in [0.15, 0.2) is 11.5 Å². The first-order chi connectivity index (χ1) is 13.5. The number of para-hydroxylation sites is 2. The Hall–Kier alpha value is -2.73. The van der Waals surface area contributed by atoms with Gasteiger partial charge in [0.1, 0.15) is 19.0 Å². The van der Waals surface area contributed by atoms with Crippen molar-refractivity contribution in [3.63, 3.8) is 0 Å². The molecular weight excluding hydrogens is 378 g/mol. The van der Waals surface area contributed by atoms with Gasteiger partial charge in [-0.2, -0.15) is 0 Å². The highest BCUT2D eigenvalue weighted by atomic mass is 35.5. The quantitative estimate of drug-likeness (QED) is 0.678. The molecule has 0 fully saturated rings. The average Bonchev–Trinajstić information content (AvgIpc) is 3.09. The highest BCUT2D eigenvalue weighted by Gasteiger charge is 2.23. The zero-order valence-corrected chi connectivity index (χ0v) is 16.5. The molecule has 7 heteroatoms. The van der Waals surface area contributed by atoms with Crippen LogP contribution in [0.4, 0.5) is 0 Å². The molecule has 1 aliphatic heterocycles. The van der Waals surface area contributed by atoms with Crippen molar-refractivity contribution < 1.29 is 14.3 Å². The van der Waals surface area contributed by atoms with Gasteiger partial charge in [-0.1, -0.05) is 37.6 Å². The first-order valence-electron chi connectivity index (χ1n) is 9.33. The maximum atomic E-state index is 12.7. The van der Waals surface area contributed by atoms with Crippen LogP contribution in [0.3, 0.4) is 0 Å². The Morgan fingerprint density at radius 1 is 1.25 bits per heavy atom. The molecule has 1 atom stereocenters. The summed E-state index contributed by atoms with van der Waals surface area (Å²) in [6, 6.07) is 11.2. The minimum absolute atomic E-state index is 0.105. The summed E-state index contributed by atoms with van der Waals surface area (Å²) in [5, 5.41) is 3.55. The molecule has 2 aromatic carbocycles. The summed E-state index contributed by atoms with van der Waals surface area (Å²) in [4.78, 5) is 20.7. The number of nitrogens with one attached hydrogen (secondary N) is 2. The number of rotatable bonds is 5. The largest absolute Gasteiger partial charge is 0.486 e. The van der Waals surface area contributed by atoms with Crippen molar-refractivity contribution in [3.05, 3.63) is 52.8 Å². The van der Waals surface area contributed by atoms with Gasteiger partial charge in [0.05, 0.1) is 28.5 Å². The highest BCUT2D eigenvalue weighted by molar-refractivity contribution is 6.32. The zero-order valence-electron chi connectivity index (χ0n) is 15.8. The molecule has 4 rings (SSSR count). The summed E-state index contributed by atoms with van der Waals surface area (Å²) in [5.41, 5.74) is 2.62. The number of aromatic nitrogens is 2. The Morgan fingerprint density at radius 2 is 2.04 bits per heavy atom. The fourth-order valence-corrected chi connectivity index (χ4v) is 3.63. The predicted molar refractivity (Wildman–Crippen MR) is 108 cm³/mol. The number of hydrogen-bond acceptors (Lipinski definition) is 4. The number of imidazole rings is 1. The third-order valence-corrected chi connectivity index (χ3v) is 4.99. The van der Waals surface area contributed by atoms with Gasteiger partial charge in [0, 0.05) is 0 Å². The van der Waals surface area contributed by atoms with Crippen LogP contribution >= 0.6 is 11.6 Å². The molecule has 0 saturated carbocycles. The summed E-state index contributed by atoms with van der Waals surface area (Å²) < 4.78 is 11.1. The fourth-order valence-electron chi connectivity index (χ4n) is 3.35. The Bertz CT molecular complexity index is 982. The smallest absolute Gasteiger partial charge is 0.225 e. The number of amides is 1. The number of halogens is 1. The molecule has 0 radical (unpaired) electrons. The standard InChI is InChI=1S/C21H22ClN3O3/c1-12(2)19(21-23-15-5-3-4-6-16(15)24-21)25-18(26)11-13-9-14(22)20-17(10-13)27-7-8-28-20/h3-6,9-10,12,19H,7-8,11H2,1-2H3,(H,23,24)(H,25,26). The topological polar surface area (TPSA) is 76.2 Å². The molecule has 0 saturated heterocycles. The molecule has 0 bridgehead atoms. The van der Waals surface area contributed by atoms with Gasteiger partial charge < -0.3 is 19.8 Å². The van der Waals surface area contributed by atoms with Crippen LogP contribution in [0.2, 0.25) is 5.02 Å². The average molecular weight is 400 g/mol. The lowest BCUT2D eigenvalue weighted by atomic mass is 10.0. The van der Waals surface area contributed by atoms with Crippen molar-refractivity contribution in [1.82, 2.24) is 15.3 Å². The van der Waals surface area contributed by atoms with E-state index in [1.807, 2.05) is 30.3 Å². The molecule has 28 heavy (non-hydrogen) atoms. The maximum absolute atomic E-state index is 12.7. The second-order valence-corrected chi connectivity index (χ2v) is 7.61. The van der Waals surface area contributed by atoms with E-state index in [4.69, 9.17) is 21.1 Å². The third kappa shape index (κ3) is 3.78. The summed E-state index contributed by atoms with van der Waals surface area (Å²) in [6.07, 6.45) is 0.194. The predicted octanol–water partition coefficient (Wildman–Crippen LogP) is 4.04. The van der Waals surface area contributed by atoms with E-state index in [0.29, 0.717) is 29.7 Å². The van der Waals surface area contributed by atoms with Crippen LogP contribution in [0.25, 0.3) is 11.0 Å². The lowest BCUT2D eigenvalue weighted by molar-refractivity contribution is -0.121. The van der Waals surface area contributed by atoms with Gasteiger partial charge >= 0.3 is 0 Å². The normalized spacial score (nSPS) is 14.3. The van der Waals surface area contributed by atoms with Crippen LogP contribution in [-0.2, 0) is 11.2 Å². The zero-order chi connectivity index (χ0) is 19.7. The van der Waals surface area contributed by atoms with Crippen LogP contribution in [0.5, 0.6) is 11.5 Å². The van der Waals surface area contributed by atoms with Crippen molar-refractivity contribution in [2.75, 3.05) is 13.2 Å². The number of ether oxygens (including phenoxy) is 2. The second-order valence-electron chi connectivity index (χ2n) is 7.21. The molecule has 146 valence electrons. The third-order valence-electron chi connectivity index (χ3n) is 4.71. The molecule has 2 heterocycles. The summed E-state index contributed by atoms with van der Waals surface area (Å²) in [6.45, 7) is 5.05. The van der Waals surface area contributed by atoms with Crippen LogP contribution in [0.1, 0.15) is 31.3 Å². The molecule has 0 aliphatic carbocycles. The minimum Gasteiger partial charge on any atom is -0.486 e. The Kier molecular flexibility index (Phi) is 5.13. The van der Waals surface area contributed by atoms with Crippen molar-refractivity contribution >= 4 is 28.5 Å². The number of carbonyl (C=O) groups excluding carboxylic acids is 1. The second kappa shape index (κ2) is 7.72. The molecular formula is C21H22ClN3O3. The molecule has 1 aromatic heterocycles.